The number of fused-ring (bicyclic) bond motifs is 9. The van der Waals surface area contributed by atoms with Gasteiger partial charge in [-0.05, 0) is 60.2 Å². The van der Waals surface area contributed by atoms with Crippen molar-refractivity contribution in [2.75, 3.05) is 11.8 Å². The normalized spacial score (nSPS) is 18.8. The first kappa shape index (κ1) is 28.7. The van der Waals surface area contributed by atoms with Crippen molar-refractivity contribution in [3.8, 4) is 17.0 Å². The molecule has 0 spiro atoms. The molecule has 0 saturated carbocycles. The number of hydrogen-bond acceptors (Lipinski definition) is 5. The van der Waals surface area contributed by atoms with Crippen LogP contribution in [0, 0.1) is 18.6 Å². The van der Waals surface area contributed by atoms with Gasteiger partial charge >= 0.3 is 0 Å². The first-order valence-corrected chi connectivity index (χ1v) is 14.7. The van der Waals surface area contributed by atoms with Gasteiger partial charge in [-0.25, -0.2) is 13.8 Å². The van der Waals surface area contributed by atoms with Crippen LogP contribution in [0.5, 0.6) is 5.88 Å². The van der Waals surface area contributed by atoms with Crippen LogP contribution >= 0.6 is 10.7 Å². The molecule has 212 valence electrons. The molecule has 5 rings (SSSR count). The van der Waals surface area contributed by atoms with Crippen molar-refractivity contribution in [1.29, 1.82) is 0 Å². The number of benzene rings is 3. The third-order valence-electron chi connectivity index (χ3n) is 7.34. The van der Waals surface area contributed by atoms with E-state index in [-0.39, 0.29) is 22.9 Å². The fraction of sp³-hybridized carbons (Fsp3) is 0.212. The maximum absolute atomic E-state index is 15.0. The molecular weight excluding hydrogens is 540 g/mol. The zero-order valence-electron chi connectivity index (χ0n) is 23.2. The van der Waals surface area contributed by atoms with Gasteiger partial charge < -0.3 is 14.6 Å². The highest BCUT2D eigenvalue weighted by atomic mass is 32.2. The Morgan fingerprint density at radius 3 is 2.68 bits per heavy atom. The quantitative estimate of drug-likeness (QED) is 0.174. The molecule has 1 aliphatic rings. The molecule has 8 heteroatoms. The molecule has 0 fully saturated rings. The second-order valence-electron chi connectivity index (χ2n) is 10.0. The van der Waals surface area contributed by atoms with Crippen molar-refractivity contribution < 1.29 is 18.6 Å². The van der Waals surface area contributed by atoms with Crippen LogP contribution < -0.4 is 14.8 Å². The summed E-state index contributed by atoms with van der Waals surface area (Å²) in [7, 11) is 0.346. The number of halogens is 2. The number of nitrogens with one attached hydrogen (secondary N) is 2. The summed E-state index contributed by atoms with van der Waals surface area (Å²) in [6.45, 7) is 4.42. The average molecular weight is 574 g/mol. The monoisotopic (exact) mass is 573 g/mol. The second-order valence-corrected chi connectivity index (χ2v) is 11.5. The number of aliphatic hydroxyl groups is 1. The van der Waals surface area contributed by atoms with Crippen LogP contribution in [0.2, 0.25) is 0 Å². The largest absolute Gasteiger partial charge is 0.480 e. The van der Waals surface area contributed by atoms with E-state index in [1.165, 1.54) is 24.3 Å². The van der Waals surface area contributed by atoms with Gasteiger partial charge in [-0.15, -0.1) is 0 Å². The minimum absolute atomic E-state index is 0.0583. The Balaban J connectivity index is 1.71. The summed E-state index contributed by atoms with van der Waals surface area (Å²) in [5.74, 6) is 2.91. The lowest BCUT2D eigenvalue weighted by atomic mass is 9.84. The van der Waals surface area contributed by atoms with E-state index in [1.807, 2.05) is 25.1 Å². The average Bonchev–Trinajstić information content (AvgIpc) is 2.96. The zero-order chi connectivity index (χ0) is 29.1. The Bertz CT molecular complexity index is 1640. The Kier molecular flexibility index (Phi) is 8.63. The number of nitrogens with zero attached hydrogens (tertiary/aromatic N) is 1. The number of aryl methyl sites for hydroxylation is 1. The molecule has 8 bridgehead atoms. The molecule has 41 heavy (non-hydrogen) atoms. The maximum Gasteiger partial charge on any atom is 0.237 e. The van der Waals surface area contributed by atoms with E-state index in [9.17, 15) is 13.9 Å². The van der Waals surface area contributed by atoms with Crippen molar-refractivity contribution in [3.63, 3.8) is 0 Å². The molecule has 3 aromatic carbocycles. The summed E-state index contributed by atoms with van der Waals surface area (Å²) in [5.41, 5.74) is 6.72. The van der Waals surface area contributed by atoms with Crippen molar-refractivity contribution in [2.24, 2.45) is 0 Å². The van der Waals surface area contributed by atoms with E-state index in [2.05, 4.69) is 70.3 Å². The van der Waals surface area contributed by atoms with Gasteiger partial charge in [-0.2, -0.15) is 0 Å². The molecule has 1 aliphatic heterocycles. The smallest absolute Gasteiger partial charge is 0.237 e. The fourth-order valence-electron chi connectivity index (χ4n) is 5.13. The van der Waals surface area contributed by atoms with E-state index in [1.54, 1.807) is 6.20 Å². The third kappa shape index (κ3) is 6.10. The summed E-state index contributed by atoms with van der Waals surface area (Å²) in [4.78, 5) is 4.63. The summed E-state index contributed by atoms with van der Waals surface area (Å²) >= 11 is 0. The molecule has 0 radical (unpaired) electrons. The van der Waals surface area contributed by atoms with Gasteiger partial charge in [-0.1, -0.05) is 71.2 Å². The van der Waals surface area contributed by atoms with Gasteiger partial charge in [-0.3, -0.25) is 5.32 Å². The summed E-state index contributed by atoms with van der Waals surface area (Å²) in [5, 5.41) is 13.9. The van der Waals surface area contributed by atoms with Crippen LogP contribution in [0.1, 0.15) is 53.3 Å². The lowest BCUT2D eigenvalue weighted by Crippen LogP contribution is -2.22. The lowest BCUT2D eigenvalue weighted by Gasteiger charge is -2.22. The zero-order valence-corrected chi connectivity index (χ0v) is 24.1. The van der Waals surface area contributed by atoms with Gasteiger partial charge in [0.05, 0.1) is 12.0 Å². The number of ether oxygens (including phenoxy) is 1. The lowest BCUT2D eigenvalue weighted by molar-refractivity contribution is 0.132. The summed E-state index contributed by atoms with van der Waals surface area (Å²) in [6.07, 6.45) is 5.42. The highest BCUT2D eigenvalue weighted by Gasteiger charge is 2.21. The van der Waals surface area contributed by atoms with Crippen LogP contribution in [0.25, 0.3) is 11.1 Å². The molecule has 0 saturated heterocycles. The van der Waals surface area contributed by atoms with Crippen molar-refractivity contribution in [3.05, 3.63) is 118 Å². The molecule has 2 heterocycles. The highest BCUT2D eigenvalue weighted by Crippen LogP contribution is 2.39. The fourth-order valence-corrected chi connectivity index (χ4v) is 6.22. The number of methoxy groups -OCH3 is 1. The number of rotatable bonds is 3. The molecule has 0 amide bonds. The molecule has 1 aromatic heterocycles. The number of allylic oxidation sites excluding steroid dienone is 2. The number of pyridine rings is 1. The molecule has 0 aliphatic carbocycles. The van der Waals surface area contributed by atoms with Crippen molar-refractivity contribution >= 4 is 22.2 Å². The number of hydrogen-bond donors (Lipinski definition) is 3. The minimum atomic E-state index is -1.36. The van der Waals surface area contributed by atoms with E-state index < -0.39 is 28.5 Å². The van der Waals surface area contributed by atoms with E-state index in [0.717, 1.165) is 34.7 Å². The Morgan fingerprint density at radius 1 is 1.07 bits per heavy atom. The van der Waals surface area contributed by atoms with Crippen LogP contribution in [0.3, 0.4) is 0 Å². The van der Waals surface area contributed by atoms with Crippen LogP contribution in [-0.4, -0.2) is 23.1 Å². The summed E-state index contributed by atoms with van der Waals surface area (Å²) < 4.78 is 38.5. The molecule has 3 unspecified atom stereocenters. The SMILES string of the molecule is C=S1Nc2cc(cnc2OC)-c2ccc(C)c(c2)C(C/C=C/C)c2cccc(c2)CNC(O)c2cc1c(F)cc2F. The highest BCUT2D eigenvalue weighted by molar-refractivity contribution is 8.15. The Morgan fingerprint density at radius 2 is 1.90 bits per heavy atom. The van der Waals surface area contributed by atoms with Gasteiger partial charge in [0, 0.05) is 35.9 Å². The second kappa shape index (κ2) is 12.3. The van der Waals surface area contributed by atoms with Crippen LogP contribution in [-0.2, 0) is 6.54 Å². The van der Waals surface area contributed by atoms with Gasteiger partial charge in [0.25, 0.3) is 0 Å². The molecule has 5 nitrogen and oxygen atoms in total. The predicted octanol–water partition coefficient (Wildman–Crippen LogP) is 7.62. The first-order chi connectivity index (χ1) is 19.8. The van der Waals surface area contributed by atoms with Crippen molar-refractivity contribution in [1.82, 2.24) is 10.3 Å². The standard InChI is InChI=1S/C33H33F2N3O2S/c1-5-6-10-25-23-9-7-8-21(13-23)18-36-32(39)27-16-31(29(35)17-28(27)34)41(4)38-30-15-24(19-37-33(30)40-3)22-12-11-20(2)26(25)14-22/h5-9,11-17,19,25,32,36,38-39H,4,10,18H2,1-3H3/b6-5+. The van der Waals surface area contributed by atoms with E-state index in [0.29, 0.717) is 11.6 Å². The van der Waals surface area contributed by atoms with Crippen LogP contribution in [0.15, 0.2) is 83.9 Å². The van der Waals surface area contributed by atoms with Crippen LogP contribution in [0.4, 0.5) is 14.5 Å². The first-order valence-electron chi connectivity index (χ1n) is 13.3. The third-order valence-corrected chi connectivity index (χ3v) is 8.65. The summed E-state index contributed by atoms with van der Waals surface area (Å²) in [6, 6.07) is 18.6. The maximum atomic E-state index is 15.0. The van der Waals surface area contributed by atoms with Crippen molar-refractivity contribution in [2.45, 2.75) is 43.9 Å². The van der Waals surface area contributed by atoms with Gasteiger partial charge in [0.2, 0.25) is 5.88 Å². The predicted molar refractivity (Wildman–Crippen MR) is 163 cm³/mol. The Labute approximate surface area is 242 Å². The van der Waals surface area contributed by atoms with Gasteiger partial charge in [0.1, 0.15) is 23.5 Å². The van der Waals surface area contributed by atoms with Gasteiger partial charge in [0.15, 0.2) is 0 Å². The topological polar surface area (TPSA) is 66.4 Å². The number of aliphatic hydroxyl groups excluding tert-OH is 1. The molecule has 3 atom stereocenters. The molecule has 4 aromatic rings. The molecular formula is C33H33F2N3O2S. The van der Waals surface area contributed by atoms with E-state index >= 15 is 0 Å². The number of anilines is 1. The molecule has 3 N–H and O–H groups in total. The minimum Gasteiger partial charge on any atom is -0.480 e. The Hall–Kier alpha value is -3.85. The van der Waals surface area contributed by atoms with E-state index in [4.69, 9.17) is 4.74 Å². The number of aromatic nitrogens is 1.